The van der Waals surface area contributed by atoms with Gasteiger partial charge in [0.15, 0.2) is 0 Å². The summed E-state index contributed by atoms with van der Waals surface area (Å²) >= 11 is 5.98. The maximum absolute atomic E-state index is 12.2. The van der Waals surface area contributed by atoms with Crippen molar-refractivity contribution < 1.29 is 14.4 Å². The minimum atomic E-state index is -0.880. The van der Waals surface area contributed by atoms with E-state index in [0.717, 1.165) is 11.0 Å². The van der Waals surface area contributed by atoms with E-state index in [1.807, 2.05) is 35.9 Å². The molecule has 9 heteroatoms. The molecule has 0 aliphatic rings. The lowest BCUT2D eigenvalue weighted by Gasteiger charge is -2.15. The van der Waals surface area contributed by atoms with Gasteiger partial charge >= 0.3 is 0 Å². The fourth-order valence-electron chi connectivity index (χ4n) is 2.77. The number of fused-ring (bicyclic) bond motifs is 1. The average Bonchev–Trinajstić information content (AvgIpc) is 3.02. The van der Waals surface area contributed by atoms with Crippen molar-refractivity contribution in [3.63, 3.8) is 0 Å². The summed E-state index contributed by atoms with van der Waals surface area (Å²) in [5.41, 5.74) is 6.61. The molecule has 0 saturated heterocycles. The molecule has 3 aromatic rings. The topological polar surface area (TPSA) is 105 Å². The van der Waals surface area contributed by atoms with E-state index >= 15 is 0 Å². The van der Waals surface area contributed by atoms with Crippen LogP contribution in [0.1, 0.15) is 23.1 Å². The summed E-state index contributed by atoms with van der Waals surface area (Å²) in [5.74, 6) is -0.910. The first-order valence-corrected chi connectivity index (χ1v) is 9.29. The molecular formula is C20H20ClN5O3. The summed E-state index contributed by atoms with van der Waals surface area (Å²) in [6.07, 6.45) is -0.00811. The lowest BCUT2D eigenvalue weighted by Crippen LogP contribution is -2.51. The number of nitrogens with one attached hydrogen (secondary N) is 3. The number of carbonyl (C=O) groups excluding carboxylic acids is 3. The summed E-state index contributed by atoms with van der Waals surface area (Å²) in [4.78, 5) is 41.0. The van der Waals surface area contributed by atoms with Gasteiger partial charge in [0, 0.05) is 7.05 Å². The van der Waals surface area contributed by atoms with Crippen molar-refractivity contribution >= 4 is 40.4 Å². The number of rotatable bonds is 5. The molecule has 8 nitrogen and oxygen atoms in total. The zero-order chi connectivity index (χ0) is 21.0. The fraction of sp³-hybridized carbons (Fsp3) is 0.200. The molecule has 0 bridgehead atoms. The van der Waals surface area contributed by atoms with Crippen LogP contribution in [0.3, 0.4) is 0 Å². The standard InChI is InChI=1S/C20H20ClN5O3/c1-12(22-20(29)13-7-3-4-8-14(13)21)19(28)25-24-18(27)11-17-23-15-9-5-6-10-16(15)26(17)2/h3-10,12H,11H2,1-2H3,(H,22,29)(H,24,27)(H,25,28)/t12-/m1/s1. The van der Waals surface area contributed by atoms with Gasteiger partial charge in [-0.3, -0.25) is 25.2 Å². The van der Waals surface area contributed by atoms with Crippen LogP contribution in [-0.4, -0.2) is 33.3 Å². The Morgan fingerprint density at radius 1 is 1.07 bits per heavy atom. The lowest BCUT2D eigenvalue weighted by molar-refractivity contribution is -0.129. The maximum Gasteiger partial charge on any atom is 0.260 e. The van der Waals surface area contributed by atoms with Crippen molar-refractivity contribution in [3.05, 3.63) is 64.9 Å². The van der Waals surface area contributed by atoms with Crippen LogP contribution in [0.25, 0.3) is 11.0 Å². The number of hydrazine groups is 1. The van der Waals surface area contributed by atoms with Crippen molar-refractivity contribution in [3.8, 4) is 0 Å². The van der Waals surface area contributed by atoms with Crippen LogP contribution < -0.4 is 16.2 Å². The summed E-state index contributed by atoms with van der Waals surface area (Å²) in [7, 11) is 1.82. The van der Waals surface area contributed by atoms with E-state index in [1.54, 1.807) is 24.3 Å². The summed E-state index contributed by atoms with van der Waals surface area (Å²) in [5, 5.41) is 2.82. The van der Waals surface area contributed by atoms with Gasteiger partial charge in [-0.05, 0) is 31.2 Å². The maximum atomic E-state index is 12.2. The molecule has 3 rings (SSSR count). The number of benzene rings is 2. The van der Waals surface area contributed by atoms with E-state index in [9.17, 15) is 14.4 Å². The van der Waals surface area contributed by atoms with Gasteiger partial charge in [0.25, 0.3) is 11.8 Å². The van der Waals surface area contributed by atoms with Gasteiger partial charge in [-0.1, -0.05) is 35.9 Å². The Morgan fingerprint density at radius 3 is 2.48 bits per heavy atom. The summed E-state index contributed by atoms with van der Waals surface area (Å²) < 4.78 is 1.82. The first-order valence-electron chi connectivity index (χ1n) is 8.91. The van der Waals surface area contributed by atoms with Crippen molar-refractivity contribution in [2.45, 2.75) is 19.4 Å². The third-order valence-corrected chi connectivity index (χ3v) is 4.71. The minimum absolute atomic E-state index is 0.00811. The molecule has 0 radical (unpaired) electrons. The second-order valence-corrected chi connectivity index (χ2v) is 6.87. The highest BCUT2D eigenvalue weighted by Crippen LogP contribution is 2.15. The largest absolute Gasteiger partial charge is 0.340 e. The molecule has 2 aromatic carbocycles. The molecule has 1 atom stereocenters. The van der Waals surface area contributed by atoms with Gasteiger partial charge in [-0.2, -0.15) is 0 Å². The molecule has 0 unspecified atom stereocenters. The van der Waals surface area contributed by atoms with E-state index in [1.165, 1.54) is 6.92 Å². The molecule has 0 spiro atoms. The second-order valence-electron chi connectivity index (χ2n) is 6.46. The Hall–Kier alpha value is -3.39. The molecule has 0 fully saturated rings. The number of para-hydroxylation sites is 2. The lowest BCUT2D eigenvalue weighted by atomic mass is 10.2. The third-order valence-electron chi connectivity index (χ3n) is 4.38. The molecule has 150 valence electrons. The van der Waals surface area contributed by atoms with Gasteiger partial charge in [-0.25, -0.2) is 4.98 Å². The normalized spacial score (nSPS) is 11.7. The average molecular weight is 414 g/mol. The zero-order valence-electron chi connectivity index (χ0n) is 15.9. The molecule has 3 amide bonds. The molecule has 1 heterocycles. The summed E-state index contributed by atoms with van der Waals surface area (Å²) in [6.45, 7) is 1.50. The van der Waals surface area contributed by atoms with Crippen LogP contribution in [0.5, 0.6) is 0 Å². The highest BCUT2D eigenvalue weighted by atomic mass is 35.5. The Labute approximate surface area is 172 Å². The highest BCUT2D eigenvalue weighted by Gasteiger charge is 2.19. The first kappa shape index (κ1) is 20.3. The second kappa shape index (κ2) is 8.74. The van der Waals surface area contributed by atoms with Crippen molar-refractivity contribution in [1.82, 2.24) is 25.7 Å². The predicted octanol–water partition coefficient (Wildman–Crippen LogP) is 1.74. The smallest absolute Gasteiger partial charge is 0.260 e. The SMILES string of the molecule is C[C@@H](NC(=O)c1ccccc1Cl)C(=O)NNC(=O)Cc1nc2ccccc2n1C. The number of carbonyl (C=O) groups is 3. The van der Waals surface area contributed by atoms with Crippen LogP contribution in [0.15, 0.2) is 48.5 Å². The molecule has 1 aromatic heterocycles. The van der Waals surface area contributed by atoms with Gasteiger partial charge in [0.2, 0.25) is 5.91 Å². The Balaban J connectivity index is 1.52. The molecular weight excluding hydrogens is 394 g/mol. The molecule has 3 N–H and O–H groups in total. The number of halogens is 1. The predicted molar refractivity (Wildman–Crippen MR) is 109 cm³/mol. The number of imidazole rings is 1. The van der Waals surface area contributed by atoms with Crippen LogP contribution in [0, 0.1) is 0 Å². The van der Waals surface area contributed by atoms with Crippen molar-refractivity contribution in [2.24, 2.45) is 7.05 Å². The fourth-order valence-corrected chi connectivity index (χ4v) is 2.99. The van der Waals surface area contributed by atoms with E-state index in [2.05, 4.69) is 21.2 Å². The Bertz CT molecular complexity index is 1080. The number of aromatic nitrogens is 2. The number of aryl methyl sites for hydroxylation is 1. The van der Waals surface area contributed by atoms with E-state index in [4.69, 9.17) is 11.6 Å². The van der Waals surface area contributed by atoms with Crippen molar-refractivity contribution in [1.29, 1.82) is 0 Å². The van der Waals surface area contributed by atoms with Crippen molar-refractivity contribution in [2.75, 3.05) is 0 Å². The number of nitrogens with zero attached hydrogens (tertiary/aromatic N) is 2. The summed E-state index contributed by atoms with van der Waals surface area (Å²) in [6, 6.07) is 13.2. The number of hydrogen-bond acceptors (Lipinski definition) is 4. The van der Waals surface area contributed by atoms with E-state index in [-0.39, 0.29) is 17.0 Å². The molecule has 0 saturated carbocycles. The number of amides is 3. The Morgan fingerprint density at radius 2 is 1.76 bits per heavy atom. The van der Waals surface area contributed by atoms with E-state index < -0.39 is 23.8 Å². The van der Waals surface area contributed by atoms with Crippen LogP contribution in [0.2, 0.25) is 5.02 Å². The molecule has 29 heavy (non-hydrogen) atoms. The third kappa shape index (κ3) is 4.72. The molecule has 0 aliphatic carbocycles. The number of hydrogen-bond donors (Lipinski definition) is 3. The monoisotopic (exact) mass is 413 g/mol. The van der Waals surface area contributed by atoms with Gasteiger partial charge < -0.3 is 9.88 Å². The van der Waals surface area contributed by atoms with E-state index in [0.29, 0.717) is 5.82 Å². The zero-order valence-corrected chi connectivity index (χ0v) is 16.7. The molecule has 0 aliphatic heterocycles. The van der Waals surface area contributed by atoms with Crippen LogP contribution in [0.4, 0.5) is 0 Å². The van der Waals surface area contributed by atoms with Crippen LogP contribution >= 0.6 is 11.6 Å². The quantitative estimate of drug-likeness (QED) is 0.554. The minimum Gasteiger partial charge on any atom is -0.340 e. The van der Waals surface area contributed by atoms with Crippen LogP contribution in [-0.2, 0) is 23.1 Å². The van der Waals surface area contributed by atoms with Gasteiger partial charge in [0.05, 0.1) is 28.0 Å². The highest BCUT2D eigenvalue weighted by molar-refractivity contribution is 6.33. The van der Waals surface area contributed by atoms with Gasteiger partial charge in [-0.15, -0.1) is 0 Å². The Kier molecular flexibility index (Phi) is 6.13. The first-order chi connectivity index (χ1) is 13.9. The van der Waals surface area contributed by atoms with Gasteiger partial charge in [0.1, 0.15) is 11.9 Å².